The maximum atomic E-state index is 13.8. The molecule has 1 aliphatic heterocycles. The second-order valence-electron chi connectivity index (χ2n) is 4.94. The fourth-order valence-electron chi connectivity index (χ4n) is 2.44. The average molecular weight is 258 g/mol. The Morgan fingerprint density at radius 2 is 2.24 bits per heavy atom. The lowest BCUT2D eigenvalue weighted by Crippen LogP contribution is -2.46. The van der Waals surface area contributed by atoms with Gasteiger partial charge in [0.25, 0.3) is 0 Å². The van der Waals surface area contributed by atoms with Crippen molar-refractivity contribution in [3.63, 3.8) is 0 Å². The Kier molecular flexibility index (Phi) is 3.43. The lowest BCUT2D eigenvalue weighted by molar-refractivity contribution is -0.0432. The Morgan fingerprint density at radius 1 is 1.53 bits per heavy atom. The first-order chi connectivity index (χ1) is 7.92. The highest BCUT2D eigenvalue weighted by molar-refractivity contribution is 6.30. The predicted octanol–water partition coefficient (Wildman–Crippen LogP) is 2.78. The summed E-state index contributed by atoms with van der Waals surface area (Å²) in [6.45, 7) is 2.80. The maximum Gasteiger partial charge on any atom is 0.130 e. The molecule has 0 bridgehead atoms. The highest BCUT2D eigenvalue weighted by Gasteiger charge is 2.38. The van der Waals surface area contributed by atoms with Crippen LogP contribution in [0.4, 0.5) is 4.39 Å². The molecule has 1 aromatic carbocycles. The van der Waals surface area contributed by atoms with Gasteiger partial charge in [-0.15, -0.1) is 0 Å². The molecule has 1 heterocycles. The van der Waals surface area contributed by atoms with Crippen molar-refractivity contribution < 1.29 is 9.50 Å². The summed E-state index contributed by atoms with van der Waals surface area (Å²) in [5.74, 6) is -0.420. The Labute approximate surface area is 106 Å². The SMILES string of the molecule is CC1CC(O)(c2ccc(Cl)cc2F)CCN1C. The van der Waals surface area contributed by atoms with Crippen LogP contribution in [0.2, 0.25) is 5.02 Å². The number of hydrogen-bond donors (Lipinski definition) is 1. The molecule has 0 amide bonds. The first-order valence-electron chi connectivity index (χ1n) is 5.80. The highest BCUT2D eigenvalue weighted by Crippen LogP contribution is 2.37. The lowest BCUT2D eigenvalue weighted by atomic mass is 9.81. The molecule has 2 atom stereocenters. The van der Waals surface area contributed by atoms with Gasteiger partial charge >= 0.3 is 0 Å². The van der Waals surface area contributed by atoms with Gasteiger partial charge in [-0.3, -0.25) is 0 Å². The van der Waals surface area contributed by atoms with Crippen molar-refractivity contribution in [2.75, 3.05) is 13.6 Å². The topological polar surface area (TPSA) is 23.5 Å². The van der Waals surface area contributed by atoms with Crippen LogP contribution in [0.15, 0.2) is 18.2 Å². The van der Waals surface area contributed by atoms with Crippen molar-refractivity contribution in [2.45, 2.75) is 31.4 Å². The van der Waals surface area contributed by atoms with Crippen LogP contribution in [0.3, 0.4) is 0 Å². The van der Waals surface area contributed by atoms with Gasteiger partial charge in [0.15, 0.2) is 0 Å². The Morgan fingerprint density at radius 3 is 2.82 bits per heavy atom. The molecule has 0 saturated carbocycles. The van der Waals surface area contributed by atoms with E-state index in [0.29, 0.717) is 23.4 Å². The second-order valence-corrected chi connectivity index (χ2v) is 5.38. The zero-order chi connectivity index (χ0) is 12.6. The van der Waals surface area contributed by atoms with Crippen molar-refractivity contribution in [1.82, 2.24) is 4.90 Å². The van der Waals surface area contributed by atoms with Crippen molar-refractivity contribution in [3.05, 3.63) is 34.6 Å². The smallest absolute Gasteiger partial charge is 0.130 e. The van der Waals surface area contributed by atoms with E-state index in [2.05, 4.69) is 4.90 Å². The molecule has 0 spiro atoms. The number of hydrogen-bond acceptors (Lipinski definition) is 2. The van der Waals surface area contributed by atoms with E-state index in [-0.39, 0.29) is 6.04 Å². The monoisotopic (exact) mass is 257 g/mol. The van der Waals surface area contributed by atoms with E-state index in [0.717, 1.165) is 6.54 Å². The summed E-state index contributed by atoms with van der Waals surface area (Å²) in [4.78, 5) is 2.17. The predicted molar refractivity (Wildman–Crippen MR) is 66.6 cm³/mol. The van der Waals surface area contributed by atoms with Crippen molar-refractivity contribution in [1.29, 1.82) is 0 Å². The maximum absolute atomic E-state index is 13.8. The molecule has 17 heavy (non-hydrogen) atoms. The van der Waals surface area contributed by atoms with E-state index in [1.165, 1.54) is 6.07 Å². The number of aliphatic hydroxyl groups is 1. The molecule has 94 valence electrons. The Balaban J connectivity index is 2.32. The number of rotatable bonds is 1. The van der Waals surface area contributed by atoms with Gasteiger partial charge in [-0.25, -0.2) is 4.39 Å². The number of likely N-dealkylation sites (tertiary alicyclic amines) is 1. The van der Waals surface area contributed by atoms with E-state index < -0.39 is 11.4 Å². The number of nitrogens with zero attached hydrogens (tertiary/aromatic N) is 1. The lowest BCUT2D eigenvalue weighted by Gasteiger charge is -2.41. The van der Waals surface area contributed by atoms with E-state index in [1.54, 1.807) is 12.1 Å². The van der Waals surface area contributed by atoms with E-state index in [9.17, 15) is 9.50 Å². The van der Waals surface area contributed by atoms with Gasteiger partial charge in [0.1, 0.15) is 5.82 Å². The molecule has 1 aliphatic rings. The van der Waals surface area contributed by atoms with Crippen LogP contribution < -0.4 is 0 Å². The molecule has 0 aliphatic carbocycles. The fraction of sp³-hybridized carbons (Fsp3) is 0.538. The van der Waals surface area contributed by atoms with Crippen LogP contribution in [0, 0.1) is 5.82 Å². The molecule has 2 nitrogen and oxygen atoms in total. The van der Waals surface area contributed by atoms with E-state index in [1.807, 2.05) is 14.0 Å². The molecule has 1 fully saturated rings. The standard InChI is InChI=1S/C13H17ClFNO/c1-9-8-13(17,5-6-16(9)2)11-4-3-10(14)7-12(11)15/h3-4,7,9,17H,5-6,8H2,1-2H3. The van der Waals surface area contributed by atoms with Crippen LogP contribution in [0.1, 0.15) is 25.3 Å². The van der Waals surface area contributed by atoms with Gasteiger partial charge in [-0.1, -0.05) is 17.7 Å². The number of benzene rings is 1. The minimum atomic E-state index is -1.07. The van der Waals surface area contributed by atoms with Crippen molar-refractivity contribution >= 4 is 11.6 Å². The first kappa shape index (κ1) is 12.8. The molecule has 0 radical (unpaired) electrons. The molecule has 0 aromatic heterocycles. The molecule has 1 aromatic rings. The average Bonchev–Trinajstić information content (AvgIpc) is 2.24. The number of halogens is 2. The van der Waals surface area contributed by atoms with Gasteiger partial charge in [-0.05, 0) is 38.9 Å². The van der Waals surface area contributed by atoms with E-state index >= 15 is 0 Å². The molecular weight excluding hydrogens is 241 g/mol. The molecule has 4 heteroatoms. The van der Waals surface area contributed by atoms with Crippen molar-refractivity contribution in [2.24, 2.45) is 0 Å². The minimum absolute atomic E-state index is 0.240. The summed E-state index contributed by atoms with van der Waals surface area (Å²) in [5, 5.41) is 11.0. The summed E-state index contributed by atoms with van der Waals surface area (Å²) in [7, 11) is 2.02. The third kappa shape index (κ3) is 2.46. The van der Waals surface area contributed by atoms with Crippen LogP contribution in [0.5, 0.6) is 0 Å². The molecule has 2 rings (SSSR count). The van der Waals surface area contributed by atoms with Crippen LogP contribution in [-0.4, -0.2) is 29.6 Å². The zero-order valence-electron chi connectivity index (χ0n) is 10.1. The van der Waals surface area contributed by atoms with Gasteiger partial charge in [0.2, 0.25) is 0 Å². The van der Waals surface area contributed by atoms with Crippen LogP contribution >= 0.6 is 11.6 Å². The van der Waals surface area contributed by atoms with Gasteiger partial charge < -0.3 is 10.0 Å². The summed E-state index contributed by atoms with van der Waals surface area (Å²) in [6.07, 6.45) is 1.09. The third-order valence-corrected chi connectivity index (χ3v) is 3.93. The van der Waals surface area contributed by atoms with Crippen LogP contribution in [0.25, 0.3) is 0 Å². The third-order valence-electron chi connectivity index (χ3n) is 3.70. The van der Waals surface area contributed by atoms with Crippen LogP contribution in [-0.2, 0) is 5.60 Å². The molecule has 2 unspecified atom stereocenters. The van der Waals surface area contributed by atoms with Crippen molar-refractivity contribution in [3.8, 4) is 0 Å². The largest absolute Gasteiger partial charge is 0.385 e. The van der Waals surface area contributed by atoms with Gasteiger partial charge in [0.05, 0.1) is 5.60 Å². The second kappa shape index (κ2) is 4.56. The zero-order valence-corrected chi connectivity index (χ0v) is 10.8. The fourth-order valence-corrected chi connectivity index (χ4v) is 2.60. The molecule has 1 N–H and O–H groups in total. The number of piperidine rings is 1. The Hall–Kier alpha value is -0.640. The summed E-state index contributed by atoms with van der Waals surface area (Å²) < 4.78 is 13.8. The Bertz CT molecular complexity index is 426. The quantitative estimate of drug-likeness (QED) is 0.836. The first-order valence-corrected chi connectivity index (χ1v) is 6.18. The molecular formula is C13H17ClFNO. The summed E-state index contributed by atoms with van der Waals surface area (Å²) in [6, 6.07) is 4.72. The minimum Gasteiger partial charge on any atom is -0.385 e. The molecule has 1 saturated heterocycles. The highest BCUT2D eigenvalue weighted by atomic mass is 35.5. The normalized spacial score (nSPS) is 30.5. The summed E-state index contributed by atoms with van der Waals surface area (Å²) in [5.41, 5.74) is -0.706. The summed E-state index contributed by atoms with van der Waals surface area (Å²) >= 11 is 5.72. The van der Waals surface area contributed by atoms with E-state index in [4.69, 9.17) is 11.6 Å². The van der Waals surface area contributed by atoms with Gasteiger partial charge in [0, 0.05) is 23.2 Å². The van der Waals surface area contributed by atoms with Gasteiger partial charge in [-0.2, -0.15) is 0 Å².